The van der Waals surface area contributed by atoms with Crippen molar-refractivity contribution >= 4 is 11.7 Å². The molecule has 0 radical (unpaired) electrons. The molecule has 1 fully saturated rings. The van der Waals surface area contributed by atoms with Gasteiger partial charge in [0, 0.05) is 19.3 Å². The molecule has 0 aliphatic carbocycles. The molecule has 1 N–H and O–H groups in total. The summed E-state index contributed by atoms with van der Waals surface area (Å²) in [4.78, 5) is 18.1. The second kappa shape index (κ2) is 7.63. The van der Waals surface area contributed by atoms with Crippen molar-refractivity contribution in [3.05, 3.63) is 54.9 Å². The average Bonchev–Trinajstić information content (AvgIpc) is 3.06. The van der Waals surface area contributed by atoms with Gasteiger partial charge in [-0.25, -0.2) is 4.79 Å². The van der Waals surface area contributed by atoms with E-state index in [1.807, 2.05) is 47.4 Å². The lowest BCUT2D eigenvalue weighted by atomic mass is 10.1. The molecule has 1 saturated heterocycles. The zero-order valence-electron chi connectivity index (χ0n) is 13.0. The molecule has 2 heterocycles. The van der Waals surface area contributed by atoms with Gasteiger partial charge in [0.1, 0.15) is 5.75 Å². The van der Waals surface area contributed by atoms with Crippen LogP contribution in [0.4, 0.5) is 10.5 Å². The number of anilines is 1. The molecule has 1 aromatic heterocycles. The Morgan fingerprint density at radius 3 is 2.91 bits per heavy atom. The molecule has 1 aliphatic heterocycles. The minimum Gasteiger partial charge on any atom is -0.494 e. The highest BCUT2D eigenvalue weighted by Crippen LogP contribution is 2.21. The van der Waals surface area contributed by atoms with Crippen molar-refractivity contribution in [2.24, 2.45) is 5.92 Å². The van der Waals surface area contributed by atoms with Crippen molar-refractivity contribution in [1.82, 2.24) is 9.88 Å². The van der Waals surface area contributed by atoms with Gasteiger partial charge in [-0.05, 0) is 43.0 Å². The molecule has 2 amide bonds. The highest BCUT2D eigenvalue weighted by atomic mass is 16.5. The number of carbonyl (C=O) groups is 1. The maximum absolute atomic E-state index is 12.2. The second-order valence-corrected chi connectivity index (χ2v) is 5.72. The number of nitrogens with zero attached hydrogens (tertiary/aromatic N) is 2. The molecule has 120 valence electrons. The van der Waals surface area contributed by atoms with Crippen molar-refractivity contribution in [1.29, 1.82) is 0 Å². The van der Waals surface area contributed by atoms with Crippen LogP contribution in [0.15, 0.2) is 54.9 Å². The standard InChI is InChI=1S/C18H21N3O2/c22-18(20-16-5-4-10-19-13-16)21-11-8-15(14-21)9-12-23-17-6-2-1-3-7-17/h1-7,10,13,15H,8-9,11-12,14H2,(H,20,22). The number of aromatic nitrogens is 1. The third-order valence-corrected chi connectivity index (χ3v) is 4.02. The summed E-state index contributed by atoms with van der Waals surface area (Å²) in [6, 6.07) is 13.4. The third-order valence-electron chi connectivity index (χ3n) is 4.02. The van der Waals surface area contributed by atoms with E-state index in [-0.39, 0.29) is 6.03 Å². The fourth-order valence-electron chi connectivity index (χ4n) is 2.75. The van der Waals surface area contributed by atoms with Crippen molar-refractivity contribution in [3.8, 4) is 5.75 Å². The molecule has 1 aliphatic rings. The first-order valence-corrected chi connectivity index (χ1v) is 7.95. The van der Waals surface area contributed by atoms with Gasteiger partial charge in [-0.15, -0.1) is 0 Å². The maximum atomic E-state index is 12.2. The Balaban J connectivity index is 1.40. The molecule has 1 aromatic carbocycles. The second-order valence-electron chi connectivity index (χ2n) is 5.72. The van der Waals surface area contributed by atoms with Crippen LogP contribution in [0.2, 0.25) is 0 Å². The van der Waals surface area contributed by atoms with E-state index in [1.165, 1.54) is 0 Å². The number of nitrogens with one attached hydrogen (secondary N) is 1. The number of pyridine rings is 1. The van der Waals surface area contributed by atoms with Crippen LogP contribution in [0, 0.1) is 5.92 Å². The lowest BCUT2D eigenvalue weighted by molar-refractivity contribution is 0.218. The molecule has 5 nitrogen and oxygen atoms in total. The van der Waals surface area contributed by atoms with E-state index in [2.05, 4.69) is 10.3 Å². The number of amides is 2. The summed E-state index contributed by atoms with van der Waals surface area (Å²) in [5.74, 6) is 1.40. The topological polar surface area (TPSA) is 54.5 Å². The predicted molar refractivity (Wildman–Crippen MR) is 89.5 cm³/mol. The number of likely N-dealkylation sites (tertiary alicyclic amines) is 1. The minimum atomic E-state index is -0.0514. The van der Waals surface area contributed by atoms with Crippen LogP contribution in [-0.2, 0) is 0 Å². The summed E-state index contributed by atoms with van der Waals surface area (Å²) in [5.41, 5.74) is 0.730. The number of hydrogen-bond acceptors (Lipinski definition) is 3. The Bertz CT molecular complexity index is 619. The fourth-order valence-corrected chi connectivity index (χ4v) is 2.75. The molecule has 1 atom stereocenters. The van der Waals surface area contributed by atoms with E-state index >= 15 is 0 Å². The van der Waals surface area contributed by atoms with Crippen LogP contribution in [0.25, 0.3) is 0 Å². The Kier molecular flexibility index (Phi) is 5.09. The summed E-state index contributed by atoms with van der Waals surface area (Å²) in [7, 11) is 0. The molecule has 0 saturated carbocycles. The van der Waals surface area contributed by atoms with Crippen LogP contribution in [0.3, 0.4) is 0 Å². The zero-order valence-corrected chi connectivity index (χ0v) is 13.0. The molecular weight excluding hydrogens is 290 g/mol. The normalized spacial score (nSPS) is 17.0. The molecule has 1 unspecified atom stereocenters. The third kappa shape index (κ3) is 4.45. The molecular formula is C18H21N3O2. The van der Waals surface area contributed by atoms with Gasteiger partial charge in [0.15, 0.2) is 0 Å². The monoisotopic (exact) mass is 311 g/mol. The zero-order chi connectivity index (χ0) is 15.9. The molecule has 0 bridgehead atoms. The number of ether oxygens (including phenoxy) is 1. The van der Waals surface area contributed by atoms with Gasteiger partial charge in [-0.1, -0.05) is 18.2 Å². The Morgan fingerprint density at radius 1 is 1.26 bits per heavy atom. The van der Waals surface area contributed by atoms with Crippen LogP contribution >= 0.6 is 0 Å². The van der Waals surface area contributed by atoms with E-state index in [0.717, 1.165) is 37.4 Å². The minimum absolute atomic E-state index is 0.0514. The number of hydrogen-bond donors (Lipinski definition) is 1. The summed E-state index contributed by atoms with van der Waals surface area (Å²) in [5, 5.41) is 2.88. The van der Waals surface area contributed by atoms with Crippen molar-refractivity contribution in [2.75, 3.05) is 25.0 Å². The van der Waals surface area contributed by atoms with Gasteiger partial charge in [0.05, 0.1) is 18.5 Å². The molecule has 3 rings (SSSR count). The lowest BCUT2D eigenvalue weighted by Gasteiger charge is -2.17. The van der Waals surface area contributed by atoms with E-state index in [0.29, 0.717) is 12.5 Å². The number of carbonyl (C=O) groups excluding carboxylic acids is 1. The van der Waals surface area contributed by atoms with Gasteiger partial charge in [-0.3, -0.25) is 4.98 Å². The fraction of sp³-hybridized carbons (Fsp3) is 0.333. The number of rotatable bonds is 5. The van der Waals surface area contributed by atoms with Gasteiger partial charge in [-0.2, -0.15) is 0 Å². The van der Waals surface area contributed by atoms with Gasteiger partial charge in [0.2, 0.25) is 0 Å². The number of para-hydroxylation sites is 1. The summed E-state index contributed by atoms with van der Waals surface area (Å²) < 4.78 is 5.73. The SMILES string of the molecule is O=C(Nc1cccnc1)N1CCC(CCOc2ccccc2)C1. The molecule has 23 heavy (non-hydrogen) atoms. The van der Waals surface area contributed by atoms with Gasteiger partial charge in [0.25, 0.3) is 0 Å². The Hall–Kier alpha value is -2.56. The molecule has 2 aromatic rings. The van der Waals surface area contributed by atoms with Crippen molar-refractivity contribution < 1.29 is 9.53 Å². The Labute approximate surface area is 136 Å². The molecule has 5 heteroatoms. The quantitative estimate of drug-likeness (QED) is 0.920. The van der Waals surface area contributed by atoms with Crippen LogP contribution in [0.1, 0.15) is 12.8 Å². The van der Waals surface area contributed by atoms with Crippen molar-refractivity contribution in [3.63, 3.8) is 0 Å². The molecule has 0 spiro atoms. The van der Waals surface area contributed by atoms with Crippen LogP contribution in [-0.4, -0.2) is 35.6 Å². The van der Waals surface area contributed by atoms with E-state index in [4.69, 9.17) is 4.74 Å². The first kappa shape index (κ1) is 15.3. The average molecular weight is 311 g/mol. The van der Waals surface area contributed by atoms with E-state index < -0.39 is 0 Å². The smallest absolute Gasteiger partial charge is 0.321 e. The van der Waals surface area contributed by atoms with Crippen LogP contribution in [0.5, 0.6) is 5.75 Å². The summed E-state index contributed by atoms with van der Waals surface area (Å²) >= 11 is 0. The summed E-state index contributed by atoms with van der Waals surface area (Å²) in [6.45, 7) is 2.26. The van der Waals surface area contributed by atoms with Crippen LogP contribution < -0.4 is 10.1 Å². The lowest BCUT2D eigenvalue weighted by Crippen LogP contribution is -2.33. The van der Waals surface area contributed by atoms with E-state index in [9.17, 15) is 4.79 Å². The highest BCUT2D eigenvalue weighted by molar-refractivity contribution is 5.89. The summed E-state index contributed by atoms with van der Waals surface area (Å²) in [6.07, 6.45) is 5.33. The number of urea groups is 1. The van der Waals surface area contributed by atoms with Gasteiger partial charge >= 0.3 is 6.03 Å². The Morgan fingerprint density at radius 2 is 2.13 bits per heavy atom. The van der Waals surface area contributed by atoms with Gasteiger partial charge < -0.3 is 15.0 Å². The maximum Gasteiger partial charge on any atom is 0.321 e. The highest BCUT2D eigenvalue weighted by Gasteiger charge is 2.26. The predicted octanol–water partition coefficient (Wildman–Crippen LogP) is 3.40. The largest absolute Gasteiger partial charge is 0.494 e. The van der Waals surface area contributed by atoms with E-state index in [1.54, 1.807) is 12.4 Å². The van der Waals surface area contributed by atoms with Crippen molar-refractivity contribution in [2.45, 2.75) is 12.8 Å². The first-order chi connectivity index (χ1) is 11.3. The first-order valence-electron chi connectivity index (χ1n) is 7.95. The number of benzene rings is 1.